The molecule has 0 aliphatic rings. The van der Waals surface area contributed by atoms with Crippen LogP contribution in [0.25, 0.3) is 5.69 Å². The Bertz CT molecular complexity index is 935. The summed E-state index contributed by atoms with van der Waals surface area (Å²) in [5.41, 5.74) is 2.62. The summed E-state index contributed by atoms with van der Waals surface area (Å²) in [5.74, 6) is 1.79. The number of rotatable bonds is 9. The molecule has 7 nitrogen and oxygen atoms in total. The zero-order valence-electron chi connectivity index (χ0n) is 17.0. The van der Waals surface area contributed by atoms with Crippen LogP contribution in [0.5, 0.6) is 11.5 Å². The highest BCUT2D eigenvalue weighted by Gasteiger charge is 2.11. The van der Waals surface area contributed by atoms with Crippen molar-refractivity contribution in [1.82, 2.24) is 15.0 Å². The lowest BCUT2D eigenvalue weighted by molar-refractivity contribution is -0.116. The van der Waals surface area contributed by atoms with E-state index in [1.165, 1.54) is 0 Å². The van der Waals surface area contributed by atoms with E-state index in [2.05, 4.69) is 29.5 Å². The van der Waals surface area contributed by atoms with Gasteiger partial charge in [0.25, 0.3) is 0 Å². The van der Waals surface area contributed by atoms with Crippen LogP contribution in [-0.2, 0) is 4.79 Å². The first kappa shape index (κ1) is 20.4. The van der Waals surface area contributed by atoms with Gasteiger partial charge in [-0.05, 0) is 54.8 Å². The van der Waals surface area contributed by atoms with Crippen LogP contribution in [0.2, 0.25) is 0 Å². The Balaban J connectivity index is 1.49. The predicted molar refractivity (Wildman–Crippen MR) is 112 cm³/mol. The Kier molecular flexibility index (Phi) is 6.84. The van der Waals surface area contributed by atoms with E-state index in [4.69, 9.17) is 9.47 Å². The molecule has 1 heterocycles. The summed E-state index contributed by atoms with van der Waals surface area (Å²) in [5, 5.41) is 11.1. The van der Waals surface area contributed by atoms with Crippen LogP contribution in [0.3, 0.4) is 0 Å². The maximum absolute atomic E-state index is 12.3. The van der Waals surface area contributed by atoms with Gasteiger partial charge >= 0.3 is 0 Å². The zero-order chi connectivity index (χ0) is 20.6. The van der Waals surface area contributed by atoms with Gasteiger partial charge in [-0.3, -0.25) is 4.79 Å². The van der Waals surface area contributed by atoms with Crippen molar-refractivity contribution in [1.29, 1.82) is 0 Å². The molecule has 1 aromatic heterocycles. The molecule has 0 atom stereocenters. The fourth-order valence-electron chi connectivity index (χ4n) is 2.87. The molecule has 0 saturated heterocycles. The summed E-state index contributed by atoms with van der Waals surface area (Å²) in [6, 6.07) is 15.0. The largest absolute Gasteiger partial charge is 0.497 e. The van der Waals surface area contributed by atoms with Gasteiger partial charge in [-0.1, -0.05) is 25.1 Å². The molecular weight excluding hydrogens is 368 g/mol. The molecule has 0 radical (unpaired) electrons. The number of carbonyl (C=O) groups excluding carboxylic acids is 1. The number of ether oxygens (including phenoxy) is 2. The quantitative estimate of drug-likeness (QED) is 0.551. The highest BCUT2D eigenvalue weighted by atomic mass is 16.5. The van der Waals surface area contributed by atoms with Crippen LogP contribution in [-0.4, -0.2) is 34.6 Å². The van der Waals surface area contributed by atoms with Crippen molar-refractivity contribution in [2.45, 2.75) is 32.6 Å². The number of methoxy groups -OCH3 is 1. The summed E-state index contributed by atoms with van der Waals surface area (Å²) in [6.07, 6.45) is 2.76. The number of anilines is 1. The number of carbonyl (C=O) groups is 1. The lowest BCUT2D eigenvalue weighted by Crippen LogP contribution is -2.13. The molecule has 1 N–H and O–H groups in total. The van der Waals surface area contributed by atoms with Crippen LogP contribution in [0.15, 0.2) is 54.7 Å². The first-order chi connectivity index (χ1) is 14.1. The van der Waals surface area contributed by atoms with Gasteiger partial charge in [0.1, 0.15) is 11.5 Å². The number of nitrogens with one attached hydrogen (secondary N) is 1. The van der Waals surface area contributed by atoms with Crippen LogP contribution in [0.4, 0.5) is 5.69 Å². The van der Waals surface area contributed by atoms with Crippen LogP contribution in [0, 0.1) is 0 Å². The van der Waals surface area contributed by atoms with E-state index in [0.29, 0.717) is 25.4 Å². The Morgan fingerprint density at radius 3 is 2.62 bits per heavy atom. The highest BCUT2D eigenvalue weighted by molar-refractivity contribution is 5.90. The average molecular weight is 394 g/mol. The SMILES string of the molecule is COc1ccc(OCCCC(=O)Nc2cccc(-n3nncc3C(C)C)c2)cc1. The molecule has 3 aromatic rings. The van der Waals surface area contributed by atoms with Crippen molar-refractivity contribution in [3.05, 3.63) is 60.4 Å². The van der Waals surface area contributed by atoms with E-state index in [-0.39, 0.29) is 5.91 Å². The molecule has 0 fully saturated rings. The van der Waals surface area contributed by atoms with Gasteiger partial charge in [0.15, 0.2) is 0 Å². The van der Waals surface area contributed by atoms with Crippen molar-refractivity contribution < 1.29 is 14.3 Å². The van der Waals surface area contributed by atoms with Gasteiger partial charge in [0.05, 0.1) is 31.3 Å². The molecule has 29 heavy (non-hydrogen) atoms. The molecule has 3 rings (SSSR count). The lowest BCUT2D eigenvalue weighted by atomic mass is 10.1. The second kappa shape index (κ2) is 9.73. The van der Waals surface area contributed by atoms with E-state index < -0.39 is 0 Å². The Hall–Kier alpha value is -3.35. The summed E-state index contributed by atoms with van der Waals surface area (Å²) in [7, 11) is 1.62. The minimum absolute atomic E-state index is 0.0526. The topological polar surface area (TPSA) is 78.3 Å². The third kappa shape index (κ3) is 5.57. The van der Waals surface area contributed by atoms with Crippen molar-refractivity contribution in [3.63, 3.8) is 0 Å². The molecule has 0 aliphatic carbocycles. The standard InChI is InChI=1S/C22H26N4O3/c1-16(2)21-15-23-25-26(21)18-7-4-6-17(14-18)24-22(27)8-5-13-29-20-11-9-19(28-3)10-12-20/h4,6-7,9-12,14-16H,5,8,13H2,1-3H3,(H,24,27). The van der Waals surface area contributed by atoms with Gasteiger partial charge in [0.2, 0.25) is 5.91 Å². The summed E-state index contributed by atoms with van der Waals surface area (Å²) >= 11 is 0. The number of benzene rings is 2. The molecule has 7 heteroatoms. The first-order valence-electron chi connectivity index (χ1n) is 9.64. The molecule has 152 valence electrons. The van der Waals surface area contributed by atoms with Crippen molar-refractivity contribution in [3.8, 4) is 17.2 Å². The van der Waals surface area contributed by atoms with Crippen molar-refractivity contribution in [2.75, 3.05) is 19.0 Å². The molecule has 0 unspecified atom stereocenters. The molecule has 0 aliphatic heterocycles. The lowest BCUT2D eigenvalue weighted by Gasteiger charge is -2.11. The van der Waals surface area contributed by atoms with Gasteiger partial charge in [-0.15, -0.1) is 5.10 Å². The van der Waals surface area contributed by atoms with Crippen LogP contribution < -0.4 is 14.8 Å². The predicted octanol–water partition coefficient (Wildman–Crippen LogP) is 4.20. The number of nitrogens with zero attached hydrogens (tertiary/aromatic N) is 3. The van der Waals surface area contributed by atoms with Crippen LogP contribution in [0.1, 0.15) is 38.3 Å². The highest BCUT2D eigenvalue weighted by Crippen LogP contribution is 2.20. The minimum Gasteiger partial charge on any atom is -0.497 e. The third-order valence-corrected chi connectivity index (χ3v) is 4.42. The van der Waals surface area contributed by atoms with Gasteiger partial charge < -0.3 is 14.8 Å². The molecular formula is C22H26N4O3. The van der Waals surface area contributed by atoms with E-state index in [0.717, 1.165) is 28.6 Å². The number of aromatic nitrogens is 3. The molecule has 0 saturated carbocycles. The zero-order valence-corrected chi connectivity index (χ0v) is 17.0. The maximum Gasteiger partial charge on any atom is 0.224 e. The molecule has 2 aromatic carbocycles. The Labute approximate surface area is 170 Å². The fourth-order valence-corrected chi connectivity index (χ4v) is 2.87. The van der Waals surface area contributed by atoms with E-state index >= 15 is 0 Å². The molecule has 1 amide bonds. The Morgan fingerprint density at radius 1 is 1.14 bits per heavy atom. The van der Waals surface area contributed by atoms with Crippen molar-refractivity contribution in [2.24, 2.45) is 0 Å². The second-order valence-electron chi connectivity index (χ2n) is 6.95. The third-order valence-electron chi connectivity index (χ3n) is 4.42. The maximum atomic E-state index is 12.3. The normalized spacial score (nSPS) is 10.8. The second-order valence-corrected chi connectivity index (χ2v) is 6.95. The summed E-state index contributed by atoms with van der Waals surface area (Å²) < 4.78 is 12.6. The van der Waals surface area contributed by atoms with Crippen molar-refractivity contribution >= 4 is 11.6 Å². The Morgan fingerprint density at radius 2 is 1.90 bits per heavy atom. The number of amides is 1. The minimum atomic E-state index is -0.0526. The number of hydrogen-bond donors (Lipinski definition) is 1. The average Bonchev–Trinajstić information content (AvgIpc) is 3.22. The van der Waals surface area contributed by atoms with E-state index in [1.807, 2.05) is 48.5 Å². The van der Waals surface area contributed by atoms with E-state index in [1.54, 1.807) is 18.0 Å². The van der Waals surface area contributed by atoms with Crippen LogP contribution >= 0.6 is 0 Å². The van der Waals surface area contributed by atoms with E-state index in [9.17, 15) is 4.79 Å². The van der Waals surface area contributed by atoms with Gasteiger partial charge in [0, 0.05) is 12.1 Å². The molecule has 0 bridgehead atoms. The van der Waals surface area contributed by atoms with Gasteiger partial charge in [-0.25, -0.2) is 4.68 Å². The molecule has 0 spiro atoms. The smallest absolute Gasteiger partial charge is 0.224 e. The number of hydrogen-bond acceptors (Lipinski definition) is 5. The summed E-state index contributed by atoms with van der Waals surface area (Å²) in [6.45, 7) is 4.65. The first-order valence-corrected chi connectivity index (χ1v) is 9.64. The van der Waals surface area contributed by atoms with Gasteiger partial charge in [-0.2, -0.15) is 0 Å². The monoisotopic (exact) mass is 394 g/mol. The fraction of sp³-hybridized carbons (Fsp3) is 0.318. The summed E-state index contributed by atoms with van der Waals surface area (Å²) in [4.78, 5) is 12.3.